The standard InChI is InChI=1S/C29H35N3O3S/c1-23-11-16-27(19-24(23)2)32(36(34,35)28-9-5-3-6-10-28)22-29(33)30-20-25-12-14-26(15-13-25)21-31-17-7-4-8-18-31/h3,5-6,9-16,19H,4,7-8,17-18,20-22H2,1-2H3,(H,30,33). The predicted octanol–water partition coefficient (Wildman–Crippen LogP) is 4.80. The lowest BCUT2D eigenvalue weighted by Crippen LogP contribution is -2.40. The predicted molar refractivity (Wildman–Crippen MR) is 144 cm³/mol. The first-order chi connectivity index (χ1) is 17.3. The molecule has 0 saturated carbocycles. The second-order valence-corrected chi connectivity index (χ2v) is 11.4. The third kappa shape index (κ3) is 6.53. The highest BCUT2D eigenvalue weighted by atomic mass is 32.2. The van der Waals surface area contributed by atoms with Crippen LogP contribution in [-0.4, -0.2) is 38.9 Å². The first-order valence-electron chi connectivity index (χ1n) is 12.5. The van der Waals surface area contributed by atoms with Gasteiger partial charge in [-0.25, -0.2) is 8.42 Å². The molecule has 1 heterocycles. The topological polar surface area (TPSA) is 69.7 Å². The molecule has 1 aliphatic heterocycles. The normalized spacial score (nSPS) is 14.4. The number of aryl methyl sites for hydroxylation is 2. The number of hydrogen-bond donors (Lipinski definition) is 1. The molecule has 7 heteroatoms. The van der Waals surface area contributed by atoms with E-state index in [9.17, 15) is 13.2 Å². The number of sulfonamides is 1. The van der Waals surface area contributed by atoms with Crippen molar-refractivity contribution in [2.75, 3.05) is 23.9 Å². The molecule has 6 nitrogen and oxygen atoms in total. The quantitative estimate of drug-likeness (QED) is 0.454. The van der Waals surface area contributed by atoms with Crippen molar-refractivity contribution >= 4 is 21.6 Å². The van der Waals surface area contributed by atoms with Crippen LogP contribution < -0.4 is 9.62 Å². The zero-order valence-corrected chi connectivity index (χ0v) is 21.9. The molecule has 3 aromatic rings. The van der Waals surface area contributed by atoms with E-state index in [4.69, 9.17) is 0 Å². The van der Waals surface area contributed by atoms with E-state index >= 15 is 0 Å². The van der Waals surface area contributed by atoms with Gasteiger partial charge in [-0.2, -0.15) is 0 Å². The van der Waals surface area contributed by atoms with Crippen LogP contribution in [0.15, 0.2) is 77.7 Å². The number of likely N-dealkylation sites (tertiary alicyclic amines) is 1. The van der Waals surface area contributed by atoms with Crippen molar-refractivity contribution in [2.24, 2.45) is 0 Å². The molecular formula is C29H35N3O3S. The Bertz CT molecular complexity index is 1270. The molecule has 0 bridgehead atoms. The molecule has 1 N–H and O–H groups in total. The number of hydrogen-bond acceptors (Lipinski definition) is 4. The van der Waals surface area contributed by atoms with Gasteiger partial charge in [0.2, 0.25) is 5.91 Å². The minimum absolute atomic E-state index is 0.153. The van der Waals surface area contributed by atoms with Gasteiger partial charge in [0.25, 0.3) is 10.0 Å². The van der Waals surface area contributed by atoms with E-state index in [0.29, 0.717) is 12.2 Å². The molecule has 1 aliphatic rings. The van der Waals surface area contributed by atoms with Crippen LogP contribution in [0.25, 0.3) is 0 Å². The van der Waals surface area contributed by atoms with Gasteiger partial charge < -0.3 is 5.32 Å². The molecule has 190 valence electrons. The third-order valence-corrected chi connectivity index (χ3v) is 8.55. The number of carbonyl (C=O) groups is 1. The summed E-state index contributed by atoms with van der Waals surface area (Å²) in [5.74, 6) is -0.356. The first kappa shape index (κ1) is 25.9. The van der Waals surface area contributed by atoms with Crippen molar-refractivity contribution in [3.05, 3.63) is 95.1 Å². The van der Waals surface area contributed by atoms with Crippen molar-refractivity contribution < 1.29 is 13.2 Å². The van der Waals surface area contributed by atoms with Crippen LogP contribution in [0.3, 0.4) is 0 Å². The highest BCUT2D eigenvalue weighted by Crippen LogP contribution is 2.25. The highest BCUT2D eigenvalue weighted by molar-refractivity contribution is 7.92. The number of amides is 1. The van der Waals surface area contributed by atoms with Gasteiger partial charge in [-0.3, -0.25) is 14.0 Å². The van der Waals surface area contributed by atoms with Crippen molar-refractivity contribution in [1.82, 2.24) is 10.2 Å². The van der Waals surface area contributed by atoms with E-state index in [-0.39, 0.29) is 17.3 Å². The lowest BCUT2D eigenvalue weighted by Gasteiger charge is -2.26. The Labute approximate surface area is 215 Å². The summed E-state index contributed by atoms with van der Waals surface area (Å²) in [6.45, 7) is 7.21. The second-order valence-electron chi connectivity index (χ2n) is 9.52. The van der Waals surface area contributed by atoms with E-state index in [1.807, 2.05) is 38.1 Å². The summed E-state index contributed by atoms with van der Waals surface area (Å²) in [6.07, 6.45) is 3.86. The highest BCUT2D eigenvalue weighted by Gasteiger charge is 2.27. The summed E-state index contributed by atoms with van der Waals surface area (Å²) in [6, 6.07) is 21.9. The van der Waals surface area contributed by atoms with E-state index in [0.717, 1.165) is 36.3 Å². The fourth-order valence-electron chi connectivity index (χ4n) is 4.44. The number of piperidine rings is 1. The molecule has 0 spiro atoms. The summed E-state index contributed by atoms with van der Waals surface area (Å²) in [7, 11) is -3.91. The molecule has 3 aromatic carbocycles. The van der Waals surface area contributed by atoms with Crippen molar-refractivity contribution in [3.8, 4) is 0 Å². The van der Waals surface area contributed by atoms with Crippen LogP contribution in [0.1, 0.15) is 41.5 Å². The Morgan fingerprint density at radius 1 is 0.861 bits per heavy atom. The van der Waals surface area contributed by atoms with Crippen LogP contribution in [-0.2, 0) is 27.9 Å². The number of nitrogens with zero attached hydrogens (tertiary/aromatic N) is 2. The summed E-state index contributed by atoms with van der Waals surface area (Å²) in [4.78, 5) is 15.6. The molecule has 0 aromatic heterocycles. The molecule has 1 saturated heterocycles. The molecule has 36 heavy (non-hydrogen) atoms. The maximum Gasteiger partial charge on any atom is 0.264 e. The van der Waals surface area contributed by atoms with E-state index in [2.05, 4.69) is 22.3 Å². The zero-order valence-electron chi connectivity index (χ0n) is 21.1. The monoisotopic (exact) mass is 505 g/mol. The summed E-state index contributed by atoms with van der Waals surface area (Å²) in [5, 5.41) is 2.89. The summed E-state index contributed by atoms with van der Waals surface area (Å²) in [5.41, 5.74) is 4.74. The van der Waals surface area contributed by atoms with Crippen LogP contribution in [0.5, 0.6) is 0 Å². The van der Waals surface area contributed by atoms with Gasteiger partial charge in [0.05, 0.1) is 10.6 Å². The van der Waals surface area contributed by atoms with E-state index in [1.165, 1.54) is 29.1 Å². The summed E-state index contributed by atoms with van der Waals surface area (Å²) < 4.78 is 28.1. The third-order valence-electron chi connectivity index (χ3n) is 6.76. The Hall–Kier alpha value is -3.16. The molecule has 1 amide bonds. The molecule has 0 unspecified atom stereocenters. The van der Waals surface area contributed by atoms with E-state index < -0.39 is 10.0 Å². The lowest BCUT2D eigenvalue weighted by atomic mass is 10.1. The zero-order chi connectivity index (χ0) is 25.5. The van der Waals surface area contributed by atoms with Gasteiger partial charge in [0.1, 0.15) is 6.54 Å². The van der Waals surface area contributed by atoms with Gasteiger partial charge in [0, 0.05) is 13.1 Å². The number of anilines is 1. The number of nitrogens with one attached hydrogen (secondary N) is 1. The minimum Gasteiger partial charge on any atom is -0.350 e. The fourth-order valence-corrected chi connectivity index (χ4v) is 5.87. The van der Waals surface area contributed by atoms with Crippen LogP contribution in [0, 0.1) is 13.8 Å². The van der Waals surface area contributed by atoms with Crippen LogP contribution >= 0.6 is 0 Å². The molecular weight excluding hydrogens is 470 g/mol. The first-order valence-corrected chi connectivity index (χ1v) is 14.0. The molecule has 0 atom stereocenters. The maximum atomic E-state index is 13.5. The number of carbonyl (C=O) groups excluding carboxylic acids is 1. The Morgan fingerprint density at radius 3 is 2.19 bits per heavy atom. The molecule has 1 fully saturated rings. The number of rotatable bonds is 9. The number of benzene rings is 3. The Kier molecular flexibility index (Phi) is 8.44. The van der Waals surface area contributed by atoms with Gasteiger partial charge >= 0.3 is 0 Å². The van der Waals surface area contributed by atoms with E-state index in [1.54, 1.807) is 36.4 Å². The molecule has 0 aliphatic carbocycles. The van der Waals surface area contributed by atoms with Gasteiger partial charge in [-0.15, -0.1) is 0 Å². The van der Waals surface area contributed by atoms with Crippen molar-refractivity contribution in [3.63, 3.8) is 0 Å². The Morgan fingerprint density at radius 2 is 1.53 bits per heavy atom. The van der Waals surface area contributed by atoms with Gasteiger partial charge in [0.15, 0.2) is 0 Å². The average Bonchev–Trinajstić information content (AvgIpc) is 2.89. The lowest BCUT2D eigenvalue weighted by molar-refractivity contribution is -0.119. The average molecular weight is 506 g/mol. The van der Waals surface area contributed by atoms with Crippen molar-refractivity contribution in [1.29, 1.82) is 0 Å². The van der Waals surface area contributed by atoms with Gasteiger partial charge in [-0.05, 0) is 86.3 Å². The second kappa shape index (κ2) is 11.7. The fraction of sp³-hybridized carbons (Fsp3) is 0.345. The maximum absolute atomic E-state index is 13.5. The summed E-state index contributed by atoms with van der Waals surface area (Å²) >= 11 is 0. The van der Waals surface area contributed by atoms with Crippen LogP contribution in [0.2, 0.25) is 0 Å². The molecule has 0 radical (unpaired) electrons. The largest absolute Gasteiger partial charge is 0.350 e. The minimum atomic E-state index is -3.91. The van der Waals surface area contributed by atoms with Crippen LogP contribution in [0.4, 0.5) is 5.69 Å². The van der Waals surface area contributed by atoms with Gasteiger partial charge in [-0.1, -0.05) is 55.0 Å². The molecule has 4 rings (SSSR count). The Balaban J connectivity index is 1.44. The smallest absolute Gasteiger partial charge is 0.264 e. The van der Waals surface area contributed by atoms with Crippen molar-refractivity contribution in [2.45, 2.75) is 51.1 Å². The SMILES string of the molecule is Cc1ccc(N(CC(=O)NCc2ccc(CN3CCCCC3)cc2)S(=O)(=O)c2ccccc2)cc1C.